The quantitative estimate of drug-likeness (QED) is 0.449. The van der Waals surface area contributed by atoms with Gasteiger partial charge in [0.25, 0.3) is 0 Å². The molecule has 0 fully saturated rings. The van der Waals surface area contributed by atoms with E-state index in [1.165, 1.54) is 0 Å². The third kappa shape index (κ3) is 5.37. The highest BCUT2D eigenvalue weighted by molar-refractivity contribution is 7.08. The molecule has 4 rings (SSSR count). The van der Waals surface area contributed by atoms with Crippen LogP contribution in [0.25, 0.3) is 17.0 Å². The number of amides is 1. The van der Waals surface area contributed by atoms with E-state index in [1.807, 2.05) is 74.0 Å². The predicted molar refractivity (Wildman–Crippen MR) is 123 cm³/mol. The van der Waals surface area contributed by atoms with Crippen molar-refractivity contribution in [2.75, 3.05) is 17.2 Å². The lowest BCUT2D eigenvalue weighted by Gasteiger charge is -2.19. The number of hydrogen-bond acceptors (Lipinski definition) is 7. The van der Waals surface area contributed by atoms with E-state index in [1.54, 1.807) is 15.9 Å². The van der Waals surface area contributed by atoms with Crippen molar-refractivity contribution in [2.24, 2.45) is 0 Å². The first-order chi connectivity index (χ1) is 14.9. The number of benzene rings is 1. The number of nitrogens with one attached hydrogen (secondary N) is 2. The number of ether oxygens (including phenoxy) is 1. The van der Waals surface area contributed by atoms with Gasteiger partial charge in [-0.25, -0.2) is 4.79 Å². The van der Waals surface area contributed by atoms with Gasteiger partial charge in [-0.05, 0) is 68.5 Å². The second kappa shape index (κ2) is 8.73. The molecule has 3 heterocycles. The van der Waals surface area contributed by atoms with Gasteiger partial charge in [-0.3, -0.25) is 5.32 Å². The monoisotopic (exact) mass is 436 g/mol. The molecule has 160 valence electrons. The summed E-state index contributed by atoms with van der Waals surface area (Å²) in [5.74, 6) is 1.49. The zero-order valence-electron chi connectivity index (χ0n) is 17.6. The molecule has 31 heavy (non-hydrogen) atoms. The van der Waals surface area contributed by atoms with Gasteiger partial charge in [0.1, 0.15) is 11.4 Å². The molecule has 3 aromatic heterocycles. The molecule has 0 aliphatic heterocycles. The maximum Gasteiger partial charge on any atom is 0.412 e. The van der Waals surface area contributed by atoms with Crippen LogP contribution in [0.2, 0.25) is 0 Å². The number of carbonyl (C=O) groups is 1. The van der Waals surface area contributed by atoms with Crippen LogP contribution in [0, 0.1) is 0 Å². The van der Waals surface area contributed by atoms with Crippen LogP contribution in [0.3, 0.4) is 0 Å². The Morgan fingerprint density at radius 1 is 1.10 bits per heavy atom. The zero-order valence-corrected chi connectivity index (χ0v) is 18.4. The highest BCUT2D eigenvalue weighted by Gasteiger charge is 2.16. The van der Waals surface area contributed by atoms with Crippen molar-refractivity contribution >= 4 is 34.6 Å². The molecule has 0 saturated heterocycles. The molecule has 0 bridgehead atoms. The minimum Gasteiger partial charge on any atom is -0.444 e. The van der Waals surface area contributed by atoms with Crippen LogP contribution >= 0.6 is 11.3 Å². The van der Waals surface area contributed by atoms with Crippen molar-refractivity contribution in [3.8, 4) is 11.4 Å². The maximum absolute atomic E-state index is 11.9. The summed E-state index contributed by atoms with van der Waals surface area (Å²) in [5.41, 5.74) is 3.03. The van der Waals surface area contributed by atoms with Gasteiger partial charge in [0.2, 0.25) is 0 Å². The lowest BCUT2D eigenvalue weighted by atomic mass is 10.1. The van der Waals surface area contributed by atoms with Crippen molar-refractivity contribution in [2.45, 2.75) is 32.8 Å². The van der Waals surface area contributed by atoms with Crippen LogP contribution in [0.15, 0.2) is 53.2 Å². The second-order valence-corrected chi connectivity index (χ2v) is 8.80. The first-order valence-electron chi connectivity index (χ1n) is 9.95. The number of aromatic nitrogens is 4. The van der Waals surface area contributed by atoms with E-state index >= 15 is 0 Å². The van der Waals surface area contributed by atoms with Gasteiger partial charge in [-0.1, -0.05) is 12.1 Å². The Morgan fingerprint density at radius 3 is 2.61 bits per heavy atom. The molecule has 1 aromatic carbocycles. The summed E-state index contributed by atoms with van der Waals surface area (Å²) in [6, 6.07) is 13.5. The Kier molecular flexibility index (Phi) is 5.85. The normalized spacial score (nSPS) is 11.5. The van der Waals surface area contributed by atoms with Crippen LogP contribution in [-0.2, 0) is 11.2 Å². The van der Waals surface area contributed by atoms with Crippen LogP contribution < -0.4 is 10.6 Å². The summed E-state index contributed by atoms with van der Waals surface area (Å²) in [5, 5.41) is 23.2. The Morgan fingerprint density at radius 2 is 1.90 bits per heavy atom. The molecule has 0 atom stereocenters. The van der Waals surface area contributed by atoms with Crippen molar-refractivity contribution in [1.82, 2.24) is 19.8 Å². The fourth-order valence-electron chi connectivity index (χ4n) is 2.97. The first-order valence-corrected chi connectivity index (χ1v) is 10.9. The van der Waals surface area contributed by atoms with Gasteiger partial charge < -0.3 is 10.1 Å². The smallest absolute Gasteiger partial charge is 0.412 e. The molecule has 0 saturated carbocycles. The summed E-state index contributed by atoms with van der Waals surface area (Å²) in [4.78, 5) is 11.9. The van der Waals surface area contributed by atoms with E-state index < -0.39 is 11.7 Å². The van der Waals surface area contributed by atoms with E-state index in [2.05, 4.69) is 25.9 Å². The highest BCUT2D eigenvalue weighted by atomic mass is 32.1. The van der Waals surface area contributed by atoms with Crippen LogP contribution in [0.5, 0.6) is 0 Å². The summed E-state index contributed by atoms with van der Waals surface area (Å²) in [7, 11) is 0. The largest absolute Gasteiger partial charge is 0.444 e. The fourth-order valence-corrected chi connectivity index (χ4v) is 3.60. The number of thiophene rings is 1. The lowest BCUT2D eigenvalue weighted by Crippen LogP contribution is -2.27. The van der Waals surface area contributed by atoms with Gasteiger partial charge in [0.15, 0.2) is 11.5 Å². The first kappa shape index (κ1) is 20.8. The SMILES string of the molecule is CC(C)(C)OC(=O)Nc1ccc(CCNc2ccc3nnc(-c4ccsc4)n3n2)cc1. The molecule has 8 nitrogen and oxygen atoms in total. The minimum absolute atomic E-state index is 0.459. The van der Waals surface area contributed by atoms with E-state index in [9.17, 15) is 4.79 Å². The average Bonchev–Trinajstić information content (AvgIpc) is 3.37. The fraction of sp³-hybridized carbons (Fsp3) is 0.273. The number of rotatable bonds is 6. The Labute approximate surface area is 184 Å². The van der Waals surface area contributed by atoms with Gasteiger partial charge in [0.05, 0.1) is 0 Å². The van der Waals surface area contributed by atoms with Crippen LogP contribution in [0.1, 0.15) is 26.3 Å². The standard InChI is InChI=1S/C22H24N6O2S/c1-22(2,3)30-21(29)24-17-6-4-15(5-7-17)10-12-23-18-8-9-19-25-26-20(28(19)27-18)16-11-13-31-14-16/h4-9,11,13-14H,10,12H2,1-3H3,(H,23,27)(H,24,29). The molecule has 0 aliphatic rings. The summed E-state index contributed by atoms with van der Waals surface area (Å²) >= 11 is 1.61. The van der Waals surface area contributed by atoms with E-state index in [4.69, 9.17) is 4.74 Å². The molecule has 2 N–H and O–H groups in total. The van der Waals surface area contributed by atoms with Gasteiger partial charge in [-0.2, -0.15) is 15.9 Å². The van der Waals surface area contributed by atoms with E-state index in [0.717, 1.165) is 29.2 Å². The Hall–Kier alpha value is -3.46. The third-order valence-electron chi connectivity index (χ3n) is 4.36. The number of fused-ring (bicyclic) bond motifs is 1. The van der Waals surface area contributed by atoms with Crippen LogP contribution in [0.4, 0.5) is 16.3 Å². The molecule has 0 radical (unpaired) electrons. The van der Waals surface area contributed by atoms with Crippen molar-refractivity contribution < 1.29 is 9.53 Å². The number of carbonyl (C=O) groups excluding carboxylic acids is 1. The predicted octanol–water partition coefficient (Wildman–Crippen LogP) is 4.85. The van der Waals surface area contributed by atoms with E-state index in [0.29, 0.717) is 17.9 Å². The molecule has 0 unspecified atom stereocenters. The number of nitrogens with zero attached hydrogens (tertiary/aromatic N) is 4. The molecule has 0 spiro atoms. The summed E-state index contributed by atoms with van der Waals surface area (Å²) < 4.78 is 7.02. The molecular weight excluding hydrogens is 412 g/mol. The average molecular weight is 437 g/mol. The van der Waals surface area contributed by atoms with Gasteiger partial charge >= 0.3 is 6.09 Å². The van der Waals surface area contributed by atoms with Crippen molar-refractivity contribution in [3.05, 3.63) is 58.8 Å². The number of anilines is 2. The Bertz CT molecular complexity index is 1160. The molecule has 4 aromatic rings. The minimum atomic E-state index is -0.524. The van der Waals surface area contributed by atoms with Crippen molar-refractivity contribution in [1.29, 1.82) is 0 Å². The molecule has 9 heteroatoms. The van der Waals surface area contributed by atoms with Crippen LogP contribution in [-0.4, -0.2) is 38.1 Å². The maximum atomic E-state index is 11.9. The van der Waals surface area contributed by atoms with Gasteiger partial charge in [0, 0.05) is 23.2 Å². The highest BCUT2D eigenvalue weighted by Crippen LogP contribution is 2.21. The molecular formula is C22H24N6O2S. The lowest BCUT2D eigenvalue weighted by molar-refractivity contribution is 0.0636. The summed E-state index contributed by atoms with van der Waals surface area (Å²) in [6.07, 6.45) is 0.352. The number of hydrogen-bond donors (Lipinski definition) is 2. The topological polar surface area (TPSA) is 93.4 Å². The van der Waals surface area contributed by atoms with Crippen molar-refractivity contribution in [3.63, 3.8) is 0 Å². The third-order valence-corrected chi connectivity index (χ3v) is 5.04. The summed E-state index contributed by atoms with van der Waals surface area (Å²) in [6.45, 7) is 6.22. The van der Waals surface area contributed by atoms with E-state index in [-0.39, 0.29) is 0 Å². The second-order valence-electron chi connectivity index (χ2n) is 8.02. The zero-order chi connectivity index (χ0) is 21.8. The molecule has 1 amide bonds. The molecule has 0 aliphatic carbocycles. The van der Waals surface area contributed by atoms with Gasteiger partial charge in [-0.15, -0.1) is 15.3 Å². The Balaban J connectivity index is 1.33.